The molecule has 0 unspecified atom stereocenters. The predicted octanol–water partition coefficient (Wildman–Crippen LogP) is 2.74. The van der Waals surface area contributed by atoms with E-state index in [0.717, 1.165) is 4.88 Å². The zero-order valence-electron chi connectivity index (χ0n) is 10.3. The molecule has 1 rings (SSSR count). The van der Waals surface area contributed by atoms with Crippen molar-refractivity contribution in [3.8, 4) is 0 Å². The average molecular weight is 320 g/mol. The summed E-state index contributed by atoms with van der Waals surface area (Å²) in [4.78, 5) is 23.4. The molecule has 0 radical (unpaired) electrons. The molecule has 0 aliphatic rings. The number of hydrogen-bond donors (Lipinski definition) is 2. The Balaban J connectivity index is 2.52. The van der Waals surface area contributed by atoms with Gasteiger partial charge in [0.1, 0.15) is 6.04 Å². The third kappa shape index (κ3) is 6.13. The van der Waals surface area contributed by atoms with Gasteiger partial charge in [0, 0.05) is 11.0 Å². The highest BCUT2D eigenvalue weighted by atomic mass is 35.5. The molecule has 19 heavy (non-hydrogen) atoms. The second kappa shape index (κ2) is 8.24. The molecule has 0 bridgehead atoms. The van der Waals surface area contributed by atoms with Crippen LogP contribution in [-0.4, -0.2) is 35.0 Å². The first kappa shape index (κ1) is 16.1. The molecule has 0 saturated carbocycles. The van der Waals surface area contributed by atoms with Gasteiger partial charge in [-0.1, -0.05) is 11.6 Å². The highest BCUT2D eigenvalue weighted by Crippen LogP contribution is 2.22. The van der Waals surface area contributed by atoms with Crippen molar-refractivity contribution in [3.05, 3.63) is 27.4 Å². The summed E-state index contributed by atoms with van der Waals surface area (Å²) in [5.74, 6) is -0.755. The van der Waals surface area contributed by atoms with E-state index >= 15 is 0 Å². The zero-order chi connectivity index (χ0) is 14.3. The van der Waals surface area contributed by atoms with Crippen LogP contribution in [0.4, 0.5) is 0 Å². The van der Waals surface area contributed by atoms with E-state index in [-0.39, 0.29) is 0 Å². The minimum atomic E-state index is -1.02. The number of nitrogens with one attached hydrogen (secondary N) is 1. The Kier molecular flexibility index (Phi) is 6.97. The summed E-state index contributed by atoms with van der Waals surface area (Å²) in [6, 6.07) is 2.68. The molecule has 0 aliphatic carbocycles. The first-order valence-corrected chi connectivity index (χ1v) is 8.07. The van der Waals surface area contributed by atoms with Gasteiger partial charge in [-0.15, -0.1) is 11.3 Å². The fourth-order valence-corrected chi connectivity index (χ4v) is 2.72. The van der Waals surface area contributed by atoms with Crippen molar-refractivity contribution in [3.63, 3.8) is 0 Å². The van der Waals surface area contributed by atoms with E-state index in [1.165, 1.54) is 17.4 Å². The first-order valence-electron chi connectivity index (χ1n) is 5.48. The molecule has 7 heteroatoms. The fourth-order valence-electron chi connectivity index (χ4n) is 1.29. The molecule has 0 saturated heterocycles. The quantitative estimate of drug-likeness (QED) is 0.758. The lowest BCUT2D eigenvalue weighted by atomic mass is 10.2. The van der Waals surface area contributed by atoms with E-state index in [1.54, 1.807) is 30.0 Å². The van der Waals surface area contributed by atoms with E-state index in [4.69, 9.17) is 16.7 Å². The summed E-state index contributed by atoms with van der Waals surface area (Å²) < 4.78 is 0.642. The molecule has 1 amide bonds. The highest BCUT2D eigenvalue weighted by Gasteiger charge is 2.17. The SMILES string of the molecule is CSCC[C@H](NC(=O)/C=C/c1ccc(Cl)s1)C(=O)O. The van der Waals surface area contributed by atoms with Crippen molar-refractivity contribution in [2.75, 3.05) is 12.0 Å². The van der Waals surface area contributed by atoms with Crippen LogP contribution >= 0.6 is 34.7 Å². The van der Waals surface area contributed by atoms with Crippen molar-refractivity contribution in [2.45, 2.75) is 12.5 Å². The zero-order valence-corrected chi connectivity index (χ0v) is 12.6. The molecule has 1 aromatic rings. The lowest BCUT2D eigenvalue weighted by Crippen LogP contribution is -2.40. The fraction of sp³-hybridized carbons (Fsp3) is 0.333. The summed E-state index contributed by atoms with van der Waals surface area (Å²) in [6.45, 7) is 0. The van der Waals surface area contributed by atoms with E-state index in [0.29, 0.717) is 16.5 Å². The molecule has 0 aliphatic heterocycles. The van der Waals surface area contributed by atoms with Gasteiger partial charge in [-0.2, -0.15) is 11.8 Å². The normalized spacial score (nSPS) is 12.5. The Bertz CT molecular complexity index is 473. The van der Waals surface area contributed by atoms with Crippen molar-refractivity contribution in [1.29, 1.82) is 0 Å². The van der Waals surface area contributed by atoms with Crippen LogP contribution in [-0.2, 0) is 9.59 Å². The van der Waals surface area contributed by atoms with Gasteiger partial charge in [-0.05, 0) is 36.6 Å². The third-order valence-electron chi connectivity index (χ3n) is 2.22. The molecule has 4 nitrogen and oxygen atoms in total. The summed E-state index contributed by atoms with van der Waals surface area (Å²) in [5, 5.41) is 11.4. The largest absolute Gasteiger partial charge is 0.480 e. The van der Waals surface area contributed by atoms with Crippen molar-refractivity contribution in [2.24, 2.45) is 0 Å². The van der Waals surface area contributed by atoms with Crippen LogP contribution in [0.3, 0.4) is 0 Å². The lowest BCUT2D eigenvalue weighted by Gasteiger charge is -2.12. The van der Waals surface area contributed by atoms with Crippen LogP contribution in [0, 0.1) is 0 Å². The van der Waals surface area contributed by atoms with Crippen LogP contribution in [0.15, 0.2) is 18.2 Å². The van der Waals surface area contributed by atoms with Gasteiger partial charge < -0.3 is 10.4 Å². The van der Waals surface area contributed by atoms with Gasteiger partial charge in [0.2, 0.25) is 5.91 Å². The number of thiophene rings is 1. The Morgan fingerprint density at radius 2 is 2.32 bits per heavy atom. The molecule has 0 aromatic carbocycles. The van der Waals surface area contributed by atoms with Gasteiger partial charge >= 0.3 is 5.97 Å². The lowest BCUT2D eigenvalue weighted by molar-refractivity contribution is -0.141. The average Bonchev–Trinajstić information content (AvgIpc) is 2.77. The first-order chi connectivity index (χ1) is 9.02. The molecule has 1 heterocycles. The van der Waals surface area contributed by atoms with Gasteiger partial charge in [0.05, 0.1) is 4.34 Å². The van der Waals surface area contributed by atoms with Gasteiger partial charge in [-0.3, -0.25) is 4.79 Å². The predicted molar refractivity (Wildman–Crippen MR) is 80.9 cm³/mol. The smallest absolute Gasteiger partial charge is 0.326 e. The maximum absolute atomic E-state index is 11.6. The number of hydrogen-bond acceptors (Lipinski definition) is 4. The number of thioether (sulfide) groups is 1. The molecular weight excluding hydrogens is 306 g/mol. The standard InChI is InChI=1S/C12H14ClNO3S2/c1-18-7-6-9(12(16)17)14-11(15)5-3-8-2-4-10(13)19-8/h2-5,9H,6-7H2,1H3,(H,14,15)(H,16,17)/b5-3+/t9-/m0/s1. The molecule has 104 valence electrons. The Morgan fingerprint density at radius 3 is 2.84 bits per heavy atom. The van der Waals surface area contributed by atoms with Gasteiger partial charge in [0.25, 0.3) is 0 Å². The summed E-state index contributed by atoms with van der Waals surface area (Å²) in [6.07, 6.45) is 5.22. The monoisotopic (exact) mass is 319 g/mol. The van der Waals surface area contributed by atoms with E-state index in [2.05, 4.69) is 5.32 Å². The number of carbonyl (C=O) groups is 2. The van der Waals surface area contributed by atoms with Crippen LogP contribution in [0.2, 0.25) is 4.34 Å². The van der Waals surface area contributed by atoms with Crippen LogP contribution in [0.1, 0.15) is 11.3 Å². The van der Waals surface area contributed by atoms with E-state index < -0.39 is 17.9 Å². The van der Waals surface area contributed by atoms with Gasteiger partial charge in [0.15, 0.2) is 0 Å². The van der Waals surface area contributed by atoms with E-state index in [9.17, 15) is 9.59 Å². The van der Waals surface area contributed by atoms with Gasteiger partial charge in [-0.25, -0.2) is 4.79 Å². The number of amides is 1. The summed E-state index contributed by atoms with van der Waals surface area (Å²) >= 11 is 8.65. The molecule has 1 aromatic heterocycles. The number of carbonyl (C=O) groups excluding carboxylic acids is 1. The Hall–Kier alpha value is -0.980. The second-order valence-corrected chi connectivity index (χ2v) is 6.39. The highest BCUT2D eigenvalue weighted by molar-refractivity contribution is 7.98. The molecule has 0 spiro atoms. The van der Waals surface area contributed by atoms with Crippen LogP contribution < -0.4 is 5.32 Å². The maximum Gasteiger partial charge on any atom is 0.326 e. The van der Waals surface area contributed by atoms with Crippen molar-refractivity contribution < 1.29 is 14.7 Å². The van der Waals surface area contributed by atoms with E-state index in [1.807, 2.05) is 6.26 Å². The Morgan fingerprint density at radius 1 is 1.58 bits per heavy atom. The minimum absolute atomic E-state index is 0.404. The molecule has 2 N–H and O–H groups in total. The minimum Gasteiger partial charge on any atom is -0.480 e. The number of carboxylic acid groups (broad SMARTS) is 1. The number of carboxylic acids is 1. The maximum atomic E-state index is 11.6. The van der Waals surface area contributed by atoms with Crippen LogP contribution in [0.5, 0.6) is 0 Å². The van der Waals surface area contributed by atoms with Crippen LogP contribution in [0.25, 0.3) is 6.08 Å². The molecule has 0 fully saturated rings. The summed E-state index contributed by atoms with van der Waals surface area (Å²) in [5.41, 5.74) is 0. The second-order valence-electron chi connectivity index (χ2n) is 3.66. The third-order valence-corrected chi connectivity index (χ3v) is 4.06. The molecular formula is C12H14ClNO3S2. The topological polar surface area (TPSA) is 66.4 Å². The number of rotatable bonds is 7. The Labute approximate surface area is 124 Å². The summed E-state index contributed by atoms with van der Waals surface area (Å²) in [7, 11) is 0. The number of aliphatic carboxylic acids is 1. The van der Waals surface area contributed by atoms with Crippen molar-refractivity contribution >= 4 is 52.7 Å². The molecule has 1 atom stereocenters. The van der Waals surface area contributed by atoms with Crippen molar-refractivity contribution in [1.82, 2.24) is 5.32 Å². The number of halogens is 1.